The largest absolute Gasteiger partial charge is 0.333 e. The molecular formula is C12H17N3OS. The Morgan fingerprint density at radius 2 is 2.18 bits per heavy atom. The van der Waals surface area contributed by atoms with Crippen LogP contribution < -0.4 is 5.73 Å². The van der Waals surface area contributed by atoms with Crippen LogP contribution in [0.1, 0.15) is 37.5 Å². The van der Waals surface area contributed by atoms with Crippen LogP contribution in [0.2, 0.25) is 0 Å². The van der Waals surface area contributed by atoms with Crippen molar-refractivity contribution in [2.75, 3.05) is 0 Å². The fraction of sp³-hybridized carbons (Fsp3) is 0.500. The number of aromatic nitrogens is 2. The first-order valence-electron chi connectivity index (χ1n) is 5.80. The third-order valence-electron chi connectivity index (χ3n) is 2.68. The minimum atomic E-state index is -0.168. The molecule has 17 heavy (non-hydrogen) atoms. The van der Waals surface area contributed by atoms with E-state index in [4.69, 9.17) is 10.3 Å². The Morgan fingerprint density at radius 3 is 2.76 bits per heavy atom. The average Bonchev–Trinajstić information content (AvgIpc) is 2.96. The smallest absolute Gasteiger partial charge is 0.268 e. The van der Waals surface area contributed by atoms with Crippen LogP contribution >= 0.6 is 11.3 Å². The summed E-state index contributed by atoms with van der Waals surface area (Å²) in [6.45, 7) is 6.21. The molecule has 0 saturated heterocycles. The third kappa shape index (κ3) is 2.56. The summed E-state index contributed by atoms with van der Waals surface area (Å²) in [5, 5.41) is 3.94. The van der Waals surface area contributed by atoms with E-state index in [1.165, 1.54) is 4.88 Å². The fourth-order valence-corrected chi connectivity index (χ4v) is 2.32. The molecule has 0 spiro atoms. The van der Waals surface area contributed by atoms with E-state index in [0.29, 0.717) is 17.6 Å². The van der Waals surface area contributed by atoms with Gasteiger partial charge in [0, 0.05) is 4.88 Å². The Hall–Kier alpha value is -1.20. The van der Waals surface area contributed by atoms with Crippen molar-refractivity contribution >= 4 is 11.3 Å². The maximum absolute atomic E-state index is 5.98. The number of nitrogens with two attached hydrogens (primary N) is 1. The summed E-state index contributed by atoms with van der Waals surface area (Å²) in [5.41, 5.74) is 5.98. The van der Waals surface area contributed by atoms with Crippen molar-refractivity contribution in [1.29, 1.82) is 0 Å². The van der Waals surface area contributed by atoms with Crippen molar-refractivity contribution in [3.05, 3.63) is 22.8 Å². The van der Waals surface area contributed by atoms with E-state index in [1.54, 1.807) is 11.3 Å². The van der Waals surface area contributed by atoms with Gasteiger partial charge in [-0.3, -0.25) is 0 Å². The Labute approximate surface area is 105 Å². The highest BCUT2D eigenvalue weighted by Gasteiger charge is 2.18. The standard InChI is InChI=1S/C12H17N3OS/c1-4-8-5-6-9(17-8)12-14-11(15-16-12)10(13)7(2)3/h5-7,10H,4,13H2,1-3H3. The topological polar surface area (TPSA) is 64.9 Å². The van der Waals surface area contributed by atoms with Crippen LogP contribution in [-0.2, 0) is 6.42 Å². The summed E-state index contributed by atoms with van der Waals surface area (Å²) < 4.78 is 5.25. The van der Waals surface area contributed by atoms with Crippen molar-refractivity contribution < 1.29 is 4.52 Å². The van der Waals surface area contributed by atoms with Gasteiger partial charge in [-0.2, -0.15) is 4.98 Å². The van der Waals surface area contributed by atoms with Gasteiger partial charge >= 0.3 is 0 Å². The zero-order chi connectivity index (χ0) is 12.4. The van der Waals surface area contributed by atoms with Gasteiger partial charge in [0.05, 0.1) is 10.9 Å². The Morgan fingerprint density at radius 1 is 1.41 bits per heavy atom. The minimum Gasteiger partial charge on any atom is -0.333 e. The number of rotatable bonds is 4. The molecule has 2 heterocycles. The van der Waals surface area contributed by atoms with Crippen LogP contribution in [0.4, 0.5) is 0 Å². The lowest BCUT2D eigenvalue weighted by Crippen LogP contribution is -2.18. The average molecular weight is 251 g/mol. The van der Waals surface area contributed by atoms with Crippen molar-refractivity contribution in [1.82, 2.24) is 10.1 Å². The number of nitrogens with zero attached hydrogens (tertiary/aromatic N) is 2. The predicted molar refractivity (Wildman–Crippen MR) is 68.8 cm³/mol. The van der Waals surface area contributed by atoms with Gasteiger partial charge in [-0.25, -0.2) is 0 Å². The van der Waals surface area contributed by atoms with E-state index in [2.05, 4.69) is 23.1 Å². The molecule has 0 aliphatic rings. The Kier molecular flexibility index (Phi) is 3.59. The van der Waals surface area contributed by atoms with E-state index in [-0.39, 0.29) is 6.04 Å². The van der Waals surface area contributed by atoms with Crippen molar-refractivity contribution in [2.24, 2.45) is 11.7 Å². The van der Waals surface area contributed by atoms with Gasteiger partial charge in [0.2, 0.25) is 0 Å². The molecule has 0 saturated carbocycles. The first kappa shape index (κ1) is 12.3. The van der Waals surface area contributed by atoms with E-state index in [0.717, 1.165) is 11.3 Å². The molecule has 0 fully saturated rings. The summed E-state index contributed by atoms with van der Waals surface area (Å²) in [6.07, 6.45) is 1.02. The maximum Gasteiger partial charge on any atom is 0.268 e. The maximum atomic E-state index is 5.98. The fourth-order valence-electron chi connectivity index (χ4n) is 1.45. The second-order valence-electron chi connectivity index (χ2n) is 4.35. The van der Waals surface area contributed by atoms with E-state index < -0.39 is 0 Å². The summed E-state index contributed by atoms with van der Waals surface area (Å²) in [4.78, 5) is 6.68. The van der Waals surface area contributed by atoms with E-state index in [1.807, 2.05) is 19.9 Å². The third-order valence-corrected chi connectivity index (χ3v) is 3.90. The predicted octanol–water partition coefficient (Wildman–Crippen LogP) is 3.02. The molecule has 2 N–H and O–H groups in total. The molecule has 0 radical (unpaired) electrons. The highest BCUT2D eigenvalue weighted by atomic mass is 32.1. The highest BCUT2D eigenvalue weighted by molar-refractivity contribution is 7.15. The zero-order valence-corrected chi connectivity index (χ0v) is 11.1. The quantitative estimate of drug-likeness (QED) is 0.907. The molecular weight excluding hydrogens is 234 g/mol. The molecule has 0 aliphatic carbocycles. The van der Waals surface area contributed by atoms with Crippen molar-refractivity contribution in [2.45, 2.75) is 33.2 Å². The van der Waals surface area contributed by atoms with Crippen LogP contribution in [0, 0.1) is 5.92 Å². The lowest BCUT2D eigenvalue weighted by molar-refractivity contribution is 0.400. The Bertz CT molecular complexity index is 489. The summed E-state index contributed by atoms with van der Waals surface area (Å²) >= 11 is 1.68. The first-order valence-corrected chi connectivity index (χ1v) is 6.61. The SMILES string of the molecule is CCc1ccc(-c2nc(C(N)C(C)C)no2)s1. The molecule has 2 aromatic heterocycles. The van der Waals surface area contributed by atoms with Gasteiger partial charge in [0.15, 0.2) is 5.82 Å². The highest BCUT2D eigenvalue weighted by Crippen LogP contribution is 2.28. The van der Waals surface area contributed by atoms with Crippen LogP contribution in [0.3, 0.4) is 0 Å². The molecule has 0 amide bonds. The number of aryl methyl sites for hydroxylation is 1. The molecule has 0 bridgehead atoms. The van der Waals surface area contributed by atoms with Crippen molar-refractivity contribution in [3.63, 3.8) is 0 Å². The van der Waals surface area contributed by atoms with E-state index in [9.17, 15) is 0 Å². The van der Waals surface area contributed by atoms with E-state index >= 15 is 0 Å². The molecule has 0 aliphatic heterocycles. The molecule has 2 rings (SSSR count). The van der Waals surface area contributed by atoms with Crippen molar-refractivity contribution in [3.8, 4) is 10.8 Å². The van der Waals surface area contributed by atoms with Crippen LogP contribution in [0.5, 0.6) is 0 Å². The molecule has 1 atom stereocenters. The summed E-state index contributed by atoms with van der Waals surface area (Å²) in [5.74, 6) is 1.46. The number of thiophene rings is 1. The molecule has 2 aromatic rings. The van der Waals surface area contributed by atoms with Crippen LogP contribution in [0.15, 0.2) is 16.7 Å². The molecule has 5 heteroatoms. The Balaban J connectivity index is 2.23. The number of hydrogen-bond donors (Lipinski definition) is 1. The van der Waals surface area contributed by atoms with Gasteiger partial charge in [0.25, 0.3) is 5.89 Å². The summed E-state index contributed by atoms with van der Waals surface area (Å²) in [7, 11) is 0. The molecule has 92 valence electrons. The van der Waals surface area contributed by atoms with Crippen LogP contribution in [0.25, 0.3) is 10.8 Å². The van der Waals surface area contributed by atoms with Gasteiger partial charge in [-0.15, -0.1) is 11.3 Å². The number of hydrogen-bond acceptors (Lipinski definition) is 5. The molecule has 1 unspecified atom stereocenters. The second-order valence-corrected chi connectivity index (χ2v) is 5.52. The normalized spacial score (nSPS) is 13.2. The van der Waals surface area contributed by atoms with Gasteiger partial charge in [-0.05, 0) is 24.5 Å². The minimum absolute atomic E-state index is 0.168. The van der Waals surface area contributed by atoms with Crippen LogP contribution in [-0.4, -0.2) is 10.1 Å². The first-order chi connectivity index (χ1) is 8.11. The lowest BCUT2D eigenvalue weighted by Gasteiger charge is -2.09. The summed E-state index contributed by atoms with van der Waals surface area (Å²) in [6, 6.07) is 3.94. The molecule has 0 aromatic carbocycles. The monoisotopic (exact) mass is 251 g/mol. The molecule has 4 nitrogen and oxygen atoms in total. The van der Waals surface area contributed by atoms with Gasteiger partial charge < -0.3 is 10.3 Å². The second kappa shape index (κ2) is 4.98. The zero-order valence-electron chi connectivity index (χ0n) is 10.3. The lowest BCUT2D eigenvalue weighted by atomic mass is 10.1. The van der Waals surface area contributed by atoms with Gasteiger partial charge in [-0.1, -0.05) is 25.9 Å². The van der Waals surface area contributed by atoms with Gasteiger partial charge in [0.1, 0.15) is 0 Å².